The second-order valence-electron chi connectivity index (χ2n) is 4.43. The fourth-order valence-electron chi connectivity index (χ4n) is 2.22. The SMILES string of the molecule is COC1CCC(OCc2ccccc2)CC1. The van der Waals surface area contributed by atoms with Crippen molar-refractivity contribution in [3.05, 3.63) is 35.9 Å². The molecule has 1 aliphatic rings. The Balaban J connectivity index is 1.72. The quantitative estimate of drug-likeness (QED) is 0.776. The molecule has 0 spiro atoms. The molecule has 2 nitrogen and oxygen atoms in total. The van der Waals surface area contributed by atoms with Crippen molar-refractivity contribution in [1.29, 1.82) is 0 Å². The molecule has 1 saturated carbocycles. The number of rotatable bonds is 4. The molecule has 0 saturated heterocycles. The largest absolute Gasteiger partial charge is 0.381 e. The highest BCUT2D eigenvalue weighted by molar-refractivity contribution is 5.13. The molecule has 1 aliphatic carbocycles. The Labute approximate surface area is 97.6 Å². The van der Waals surface area contributed by atoms with Gasteiger partial charge in [-0.2, -0.15) is 0 Å². The molecule has 0 heterocycles. The van der Waals surface area contributed by atoms with Gasteiger partial charge in [-0.25, -0.2) is 0 Å². The van der Waals surface area contributed by atoms with Gasteiger partial charge in [-0.1, -0.05) is 30.3 Å². The van der Waals surface area contributed by atoms with Crippen molar-refractivity contribution in [1.82, 2.24) is 0 Å². The first kappa shape index (κ1) is 11.6. The van der Waals surface area contributed by atoms with Crippen LogP contribution in [0.25, 0.3) is 0 Å². The number of benzene rings is 1. The van der Waals surface area contributed by atoms with E-state index in [1.54, 1.807) is 7.11 Å². The molecule has 0 radical (unpaired) electrons. The molecular weight excluding hydrogens is 200 g/mol. The molecule has 0 N–H and O–H groups in total. The van der Waals surface area contributed by atoms with Crippen LogP contribution in [-0.4, -0.2) is 19.3 Å². The van der Waals surface area contributed by atoms with Crippen LogP contribution in [0.15, 0.2) is 30.3 Å². The Morgan fingerprint density at radius 2 is 1.62 bits per heavy atom. The van der Waals surface area contributed by atoms with E-state index in [1.165, 1.54) is 5.56 Å². The predicted molar refractivity (Wildman–Crippen MR) is 64.3 cm³/mol. The Morgan fingerprint density at radius 1 is 1.00 bits per heavy atom. The van der Waals surface area contributed by atoms with E-state index in [0.717, 1.165) is 32.3 Å². The monoisotopic (exact) mass is 220 g/mol. The minimum absolute atomic E-state index is 0.423. The summed E-state index contributed by atoms with van der Waals surface area (Å²) in [6.45, 7) is 0.739. The van der Waals surface area contributed by atoms with Crippen LogP contribution >= 0.6 is 0 Å². The zero-order chi connectivity index (χ0) is 11.2. The molecule has 1 aromatic rings. The second kappa shape index (κ2) is 6.02. The summed E-state index contributed by atoms with van der Waals surface area (Å²) in [6, 6.07) is 10.4. The molecule has 16 heavy (non-hydrogen) atoms. The van der Waals surface area contributed by atoms with Crippen LogP contribution < -0.4 is 0 Å². The van der Waals surface area contributed by atoms with Crippen LogP contribution in [0.4, 0.5) is 0 Å². The predicted octanol–water partition coefficient (Wildman–Crippen LogP) is 3.16. The highest BCUT2D eigenvalue weighted by Crippen LogP contribution is 2.23. The highest BCUT2D eigenvalue weighted by Gasteiger charge is 2.20. The van der Waals surface area contributed by atoms with Gasteiger partial charge in [-0.15, -0.1) is 0 Å². The second-order valence-corrected chi connectivity index (χ2v) is 4.43. The molecule has 1 aromatic carbocycles. The zero-order valence-electron chi connectivity index (χ0n) is 9.89. The van der Waals surface area contributed by atoms with Gasteiger partial charge >= 0.3 is 0 Å². The topological polar surface area (TPSA) is 18.5 Å². The summed E-state index contributed by atoms with van der Waals surface area (Å²) in [5.74, 6) is 0. The molecule has 88 valence electrons. The average molecular weight is 220 g/mol. The molecular formula is C14H20O2. The Kier molecular flexibility index (Phi) is 4.37. The molecule has 2 heteroatoms. The summed E-state index contributed by atoms with van der Waals surface area (Å²) in [4.78, 5) is 0. The summed E-state index contributed by atoms with van der Waals surface area (Å²) in [5, 5.41) is 0. The maximum Gasteiger partial charge on any atom is 0.0720 e. The van der Waals surface area contributed by atoms with Gasteiger partial charge in [-0.3, -0.25) is 0 Å². The lowest BCUT2D eigenvalue weighted by molar-refractivity contribution is -0.0235. The molecule has 0 aliphatic heterocycles. The lowest BCUT2D eigenvalue weighted by Gasteiger charge is -2.27. The zero-order valence-corrected chi connectivity index (χ0v) is 9.89. The van der Waals surface area contributed by atoms with E-state index in [1.807, 2.05) is 6.07 Å². The van der Waals surface area contributed by atoms with Gasteiger partial charge in [0, 0.05) is 7.11 Å². The van der Waals surface area contributed by atoms with Crippen LogP contribution in [-0.2, 0) is 16.1 Å². The third kappa shape index (κ3) is 3.32. The number of methoxy groups -OCH3 is 1. The average Bonchev–Trinajstić information content (AvgIpc) is 2.38. The Bertz CT molecular complexity index is 289. The molecule has 0 atom stereocenters. The fourth-order valence-corrected chi connectivity index (χ4v) is 2.22. The first-order chi connectivity index (χ1) is 7.88. The summed E-state index contributed by atoms with van der Waals surface area (Å²) in [6.07, 6.45) is 5.41. The van der Waals surface area contributed by atoms with Crippen molar-refractivity contribution < 1.29 is 9.47 Å². The summed E-state index contributed by atoms with van der Waals surface area (Å²) in [7, 11) is 1.80. The van der Waals surface area contributed by atoms with Gasteiger partial charge in [0.05, 0.1) is 18.8 Å². The molecule has 0 bridgehead atoms. The van der Waals surface area contributed by atoms with Crippen LogP contribution in [0.5, 0.6) is 0 Å². The lowest BCUT2D eigenvalue weighted by Crippen LogP contribution is -2.25. The van der Waals surface area contributed by atoms with Crippen molar-refractivity contribution in [3.8, 4) is 0 Å². The van der Waals surface area contributed by atoms with Gasteiger partial charge in [-0.05, 0) is 31.2 Å². The molecule has 0 amide bonds. The van der Waals surface area contributed by atoms with Crippen LogP contribution in [0.2, 0.25) is 0 Å². The molecule has 2 rings (SSSR count). The number of hydrogen-bond donors (Lipinski definition) is 0. The minimum Gasteiger partial charge on any atom is -0.381 e. The Morgan fingerprint density at radius 3 is 2.25 bits per heavy atom. The smallest absolute Gasteiger partial charge is 0.0720 e. The van der Waals surface area contributed by atoms with Crippen molar-refractivity contribution in [3.63, 3.8) is 0 Å². The normalized spacial score (nSPS) is 25.6. The van der Waals surface area contributed by atoms with Crippen LogP contribution in [0.1, 0.15) is 31.2 Å². The first-order valence-corrected chi connectivity index (χ1v) is 6.07. The van der Waals surface area contributed by atoms with Crippen LogP contribution in [0.3, 0.4) is 0 Å². The number of ether oxygens (including phenoxy) is 2. The van der Waals surface area contributed by atoms with Gasteiger partial charge < -0.3 is 9.47 Å². The molecule has 0 unspecified atom stereocenters. The Hall–Kier alpha value is -0.860. The lowest BCUT2D eigenvalue weighted by atomic mass is 9.95. The van der Waals surface area contributed by atoms with Crippen LogP contribution in [0, 0.1) is 0 Å². The third-order valence-corrected chi connectivity index (χ3v) is 3.28. The minimum atomic E-state index is 0.423. The standard InChI is InChI=1S/C14H20O2/c1-15-13-7-9-14(10-8-13)16-11-12-5-3-2-4-6-12/h2-6,13-14H,7-11H2,1H3. The van der Waals surface area contributed by atoms with E-state index in [9.17, 15) is 0 Å². The summed E-state index contributed by atoms with van der Waals surface area (Å²) in [5.41, 5.74) is 1.26. The molecule has 1 fully saturated rings. The first-order valence-electron chi connectivity index (χ1n) is 6.07. The van der Waals surface area contributed by atoms with Gasteiger partial charge in [0.15, 0.2) is 0 Å². The van der Waals surface area contributed by atoms with Crippen molar-refractivity contribution in [2.24, 2.45) is 0 Å². The highest BCUT2D eigenvalue weighted by atomic mass is 16.5. The van der Waals surface area contributed by atoms with E-state index in [4.69, 9.17) is 9.47 Å². The van der Waals surface area contributed by atoms with Gasteiger partial charge in [0.1, 0.15) is 0 Å². The van der Waals surface area contributed by atoms with Gasteiger partial charge in [0.2, 0.25) is 0 Å². The summed E-state index contributed by atoms with van der Waals surface area (Å²) >= 11 is 0. The van der Waals surface area contributed by atoms with Crippen molar-refractivity contribution >= 4 is 0 Å². The molecule has 0 aromatic heterocycles. The van der Waals surface area contributed by atoms with E-state index < -0.39 is 0 Å². The van der Waals surface area contributed by atoms with Crippen molar-refractivity contribution in [2.45, 2.75) is 44.5 Å². The van der Waals surface area contributed by atoms with E-state index >= 15 is 0 Å². The van der Waals surface area contributed by atoms with E-state index in [-0.39, 0.29) is 0 Å². The van der Waals surface area contributed by atoms with E-state index in [0.29, 0.717) is 12.2 Å². The number of hydrogen-bond acceptors (Lipinski definition) is 2. The van der Waals surface area contributed by atoms with E-state index in [2.05, 4.69) is 24.3 Å². The maximum atomic E-state index is 5.91. The fraction of sp³-hybridized carbons (Fsp3) is 0.571. The third-order valence-electron chi connectivity index (χ3n) is 3.28. The van der Waals surface area contributed by atoms with Gasteiger partial charge in [0.25, 0.3) is 0 Å². The van der Waals surface area contributed by atoms with Crippen molar-refractivity contribution in [2.75, 3.05) is 7.11 Å². The maximum absolute atomic E-state index is 5.91. The summed E-state index contributed by atoms with van der Waals surface area (Å²) < 4.78 is 11.3.